The number of rotatable bonds is 7. The van der Waals surface area contributed by atoms with Gasteiger partial charge in [-0.25, -0.2) is 0 Å². The Labute approximate surface area is 121 Å². The number of anilines is 1. The summed E-state index contributed by atoms with van der Waals surface area (Å²) in [5.41, 5.74) is 6.64. The predicted molar refractivity (Wildman–Crippen MR) is 82.4 cm³/mol. The van der Waals surface area contributed by atoms with Gasteiger partial charge in [-0.1, -0.05) is 32.4 Å². The van der Waals surface area contributed by atoms with Crippen LogP contribution in [0.5, 0.6) is 0 Å². The summed E-state index contributed by atoms with van der Waals surface area (Å²) in [6, 6.07) is 7.58. The molecule has 0 saturated heterocycles. The molecule has 0 aromatic heterocycles. The van der Waals surface area contributed by atoms with Crippen molar-refractivity contribution in [3.8, 4) is 0 Å². The van der Waals surface area contributed by atoms with E-state index in [2.05, 4.69) is 5.32 Å². The second-order valence-electron chi connectivity index (χ2n) is 5.80. The van der Waals surface area contributed by atoms with E-state index in [0.29, 0.717) is 19.4 Å². The van der Waals surface area contributed by atoms with Crippen LogP contribution < -0.4 is 11.1 Å². The number of hydrogen-bond donors (Lipinski definition) is 3. The molecule has 0 aliphatic heterocycles. The van der Waals surface area contributed by atoms with Crippen molar-refractivity contribution in [3.63, 3.8) is 0 Å². The van der Waals surface area contributed by atoms with Gasteiger partial charge in [-0.3, -0.25) is 4.79 Å². The smallest absolute Gasteiger partial charge is 0.220 e. The van der Waals surface area contributed by atoms with Crippen LogP contribution in [0, 0.1) is 0 Å². The van der Waals surface area contributed by atoms with Gasteiger partial charge in [0.25, 0.3) is 0 Å². The van der Waals surface area contributed by atoms with E-state index >= 15 is 0 Å². The number of carbonyl (C=O) groups excluding carboxylic acids is 1. The quantitative estimate of drug-likeness (QED) is 0.670. The van der Waals surface area contributed by atoms with Crippen molar-refractivity contribution in [1.29, 1.82) is 0 Å². The van der Waals surface area contributed by atoms with Crippen LogP contribution in [0.25, 0.3) is 0 Å². The van der Waals surface area contributed by atoms with Gasteiger partial charge in [-0.05, 0) is 37.0 Å². The maximum absolute atomic E-state index is 11.9. The molecule has 0 saturated carbocycles. The van der Waals surface area contributed by atoms with Gasteiger partial charge in [-0.15, -0.1) is 0 Å². The largest absolute Gasteiger partial charge is 0.399 e. The first-order valence-corrected chi connectivity index (χ1v) is 7.18. The molecule has 1 amide bonds. The van der Waals surface area contributed by atoms with E-state index in [1.54, 1.807) is 6.92 Å². The van der Waals surface area contributed by atoms with Gasteiger partial charge in [0.1, 0.15) is 0 Å². The summed E-state index contributed by atoms with van der Waals surface area (Å²) in [5, 5.41) is 12.8. The van der Waals surface area contributed by atoms with E-state index in [4.69, 9.17) is 5.73 Å². The zero-order chi connectivity index (χ0) is 15.2. The number of amides is 1. The molecule has 1 rings (SSSR count). The fourth-order valence-corrected chi connectivity index (χ4v) is 2.21. The number of aliphatic hydroxyl groups is 1. The zero-order valence-electron chi connectivity index (χ0n) is 12.6. The Bertz CT molecular complexity index is 427. The van der Waals surface area contributed by atoms with Gasteiger partial charge in [0.05, 0.1) is 5.60 Å². The monoisotopic (exact) mass is 278 g/mol. The van der Waals surface area contributed by atoms with Crippen molar-refractivity contribution < 1.29 is 9.90 Å². The molecule has 0 aliphatic rings. The topological polar surface area (TPSA) is 75.3 Å². The molecule has 2 unspecified atom stereocenters. The summed E-state index contributed by atoms with van der Waals surface area (Å²) < 4.78 is 0. The van der Waals surface area contributed by atoms with Crippen LogP contribution in [0.3, 0.4) is 0 Å². The van der Waals surface area contributed by atoms with Crippen LogP contribution >= 0.6 is 0 Å². The Morgan fingerprint density at radius 2 is 2.00 bits per heavy atom. The SMILES string of the molecule is CCCC(C)(O)CNC(=O)CC(C)c1ccc(N)cc1. The Balaban J connectivity index is 2.44. The molecule has 20 heavy (non-hydrogen) atoms. The lowest BCUT2D eigenvalue weighted by Crippen LogP contribution is -2.40. The van der Waals surface area contributed by atoms with E-state index in [-0.39, 0.29) is 11.8 Å². The van der Waals surface area contributed by atoms with Crippen LogP contribution in [0.1, 0.15) is 51.5 Å². The van der Waals surface area contributed by atoms with E-state index in [0.717, 1.165) is 17.7 Å². The molecule has 0 heterocycles. The fraction of sp³-hybridized carbons (Fsp3) is 0.562. The number of nitrogen functional groups attached to an aromatic ring is 1. The second-order valence-corrected chi connectivity index (χ2v) is 5.80. The maximum Gasteiger partial charge on any atom is 0.220 e. The summed E-state index contributed by atoms with van der Waals surface area (Å²) in [5.74, 6) is 0.0948. The molecule has 0 spiro atoms. The van der Waals surface area contributed by atoms with Crippen LogP contribution in [0.15, 0.2) is 24.3 Å². The van der Waals surface area contributed by atoms with Gasteiger partial charge < -0.3 is 16.2 Å². The molecule has 0 bridgehead atoms. The highest BCUT2D eigenvalue weighted by atomic mass is 16.3. The van der Waals surface area contributed by atoms with E-state index < -0.39 is 5.60 Å². The summed E-state index contributed by atoms with van der Waals surface area (Å²) in [6.07, 6.45) is 1.98. The molecule has 112 valence electrons. The number of nitrogens with one attached hydrogen (secondary N) is 1. The van der Waals surface area contributed by atoms with Crippen molar-refractivity contribution in [3.05, 3.63) is 29.8 Å². The first-order chi connectivity index (χ1) is 9.34. The second kappa shape index (κ2) is 7.29. The Morgan fingerprint density at radius 1 is 1.40 bits per heavy atom. The van der Waals surface area contributed by atoms with E-state index in [1.165, 1.54) is 0 Å². The number of nitrogens with two attached hydrogens (primary N) is 1. The van der Waals surface area contributed by atoms with Gasteiger partial charge in [-0.2, -0.15) is 0 Å². The Hall–Kier alpha value is -1.55. The molecule has 0 radical (unpaired) electrons. The molecule has 1 aromatic carbocycles. The first-order valence-electron chi connectivity index (χ1n) is 7.18. The van der Waals surface area contributed by atoms with E-state index in [1.807, 2.05) is 38.1 Å². The van der Waals surface area contributed by atoms with Crippen LogP contribution in [0.2, 0.25) is 0 Å². The zero-order valence-corrected chi connectivity index (χ0v) is 12.6. The number of carbonyl (C=O) groups is 1. The van der Waals surface area contributed by atoms with Crippen molar-refractivity contribution in [2.45, 2.75) is 51.6 Å². The average Bonchev–Trinajstić information content (AvgIpc) is 2.37. The molecular weight excluding hydrogens is 252 g/mol. The summed E-state index contributed by atoms with van der Waals surface area (Å²) in [6.45, 7) is 6.07. The Kier molecular flexibility index (Phi) is 6.02. The van der Waals surface area contributed by atoms with Gasteiger partial charge in [0, 0.05) is 18.7 Å². The highest BCUT2D eigenvalue weighted by Crippen LogP contribution is 2.20. The third-order valence-electron chi connectivity index (χ3n) is 3.45. The summed E-state index contributed by atoms with van der Waals surface area (Å²) >= 11 is 0. The summed E-state index contributed by atoms with van der Waals surface area (Å²) in [7, 11) is 0. The van der Waals surface area contributed by atoms with Gasteiger partial charge >= 0.3 is 0 Å². The molecule has 1 aromatic rings. The van der Waals surface area contributed by atoms with Crippen molar-refractivity contribution in [2.24, 2.45) is 0 Å². The third kappa shape index (κ3) is 5.61. The fourth-order valence-electron chi connectivity index (χ4n) is 2.21. The Morgan fingerprint density at radius 3 is 2.55 bits per heavy atom. The molecule has 4 nitrogen and oxygen atoms in total. The average molecular weight is 278 g/mol. The lowest BCUT2D eigenvalue weighted by molar-refractivity contribution is -0.122. The van der Waals surface area contributed by atoms with Gasteiger partial charge in [0.2, 0.25) is 5.91 Å². The third-order valence-corrected chi connectivity index (χ3v) is 3.45. The number of hydrogen-bond acceptors (Lipinski definition) is 3. The lowest BCUT2D eigenvalue weighted by Gasteiger charge is -2.23. The van der Waals surface area contributed by atoms with E-state index in [9.17, 15) is 9.90 Å². The lowest BCUT2D eigenvalue weighted by atomic mass is 9.96. The minimum atomic E-state index is -0.825. The molecule has 0 fully saturated rings. The van der Waals surface area contributed by atoms with Crippen LogP contribution in [-0.2, 0) is 4.79 Å². The van der Waals surface area contributed by atoms with Crippen LogP contribution in [0.4, 0.5) is 5.69 Å². The normalized spacial score (nSPS) is 15.4. The minimum absolute atomic E-state index is 0.0364. The molecule has 0 aliphatic carbocycles. The van der Waals surface area contributed by atoms with Crippen LogP contribution in [-0.4, -0.2) is 23.2 Å². The van der Waals surface area contributed by atoms with Crippen molar-refractivity contribution in [2.75, 3.05) is 12.3 Å². The maximum atomic E-state index is 11.9. The molecular formula is C16H26N2O2. The first kappa shape index (κ1) is 16.5. The standard InChI is InChI=1S/C16H26N2O2/c1-4-9-16(3,20)11-18-15(19)10-12(2)13-5-7-14(17)8-6-13/h5-8,12,20H,4,9-11,17H2,1-3H3,(H,18,19). The predicted octanol–water partition coefficient (Wildman–Crippen LogP) is 2.43. The number of benzene rings is 1. The minimum Gasteiger partial charge on any atom is -0.399 e. The van der Waals surface area contributed by atoms with Gasteiger partial charge in [0.15, 0.2) is 0 Å². The molecule has 2 atom stereocenters. The van der Waals surface area contributed by atoms with Crippen molar-refractivity contribution in [1.82, 2.24) is 5.32 Å². The highest BCUT2D eigenvalue weighted by molar-refractivity contribution is 5.76. The van der Waals surface area contributed by atoms with Crippen molar-refractivity contribution >= 4 is 11.6 Å². The molecule has 4 N–H and O–H groups in total. The molecule has 4 heteroatoms. The highest BCUT2D eigenvalue weighted by Gasteiger charge is 2.20. The summed E-state index contributed by atoms with van der Waals surface area (Å²) in [4.78, 5) is 11.9.